The van der Waals surface area contributed by atoms with Crippen LogP contribution >= 0.6 is 0 Å². The van der Waals surface area contributed by atoms with Crippen molar-refractivity contribution in [3.8, 4) is 56.2 Å². The van der Waals surface area contributed by atoms with Gasteiger partial charge in [-0.15, -0.1) is 0 Å². The standard InChI is InChI=1S/C59H37N3O/c1-3-16-40(17-4-1)58-60-52(39-32-30-38(31-33-39)43-23-15-24-47-46-22-9-14-29-56(46)63-57(43)47)37-53(61-58)41-34-35-55-51(36-41)59(48-25-10-7-20-44(48)45-21-8-11-26-49(45)59)50-27-12-13-28-54(50)62(55)42-18-5-2-6-19-42/h1-37H. The van der Waals surface area contributed by atoms with Crippen LogP contribution in [0.3, 0.4) is 0 Å². The molecular weight excluding hydrogens is 767 g/mol. The summed E-state index contributed by atoms with van der Waals surface area (Å²) in [6.45, 7) is 0. The minimum Gasteiger partial charge on any atom is -0.455 e. The van der Waals surface area contributed by atoms with E-state index in [1.54, 1.807) is 0 Å². The Labute approximate surface area is 365 Å². The molecule has 3 heterocycles. The lowest BCUT2D eigenvalue weighted by Crippen LogP contribution is -2.36. The average molecular weight is 804 g/mol. The van der Waals surface area contributed by atoms with Gasteiger partial charge in [0.25, 0.3) is 0 Å². The summed E-state index contributed by atoms with van der Waals surface area (Å²) in [5, 5.41) is 2.24. The van der Waals surface area contributed by atoms with Crippen LogP contribution in [0.2, 0.25) is 0 Å². The molecule has 9 aromatic carbocycles. The number of aromatic nitrogens is 2. The number of hydrogen-bond acceptors (Lipinski definition) is 4. The molecule has 63 heavy (non-hydrogen) atoms. The van der Waals surface area contributed by atoms with Crippen molar-refractivity contribution in [2.45, 2.75) is 5.41 Å². The van der Waals surface area contributed by atoms with Crippen LogP contribution < -0.4 is 4.90 Å². The van der Waals surface area contributed by atoms with Crippen LogP contribution in [0.4, 0.5) is 17.1 Å². The van der Waals surface area contributed by atoms with E-state index in [2.05, 4.69) is 199 Å². The summed E-state index contributed by atoms with van der Waals surface area (Å²) < 4.78 is 6.42. The number of anilines is 3. The third kappa shape index (κ3) is 5.28. The Morgan fingerprint density at radius 2 is 0.921 bits per heavy atom. The second-order valence-electron chi connectivity index (χ2n) is 16.4. The first kappa shape index (κ1) is 35.4. The molecule has 4 heteroatoms. The van der Waals surface area contributed by atoms with Crippen LogP contribution in [0, 0.1) is 0 Å². The molecule has 0 saturated carbocycles. The van der Waals surface area contributed by atoms with Crippen molar-refractivity contribution in [2.75, 3.05) is 4.90 Å². The van der Waals surface area contributed by atoms with Gasteiger partial charge in [0.2, 0.25) is 0 Å². The maximum atomic E-state index is 6.42. The molecule has 0 N–H and O–H groups in total. The molecule has 0 unspecified atom stereocenters. The van der Waals surface area contributed by atoms with Crippen LogP contribution in [0.25, 0.3) is 78.1 Å². The third-order valence-corrected chi connectivity index (χ3v) is 13.1. The molecule has 0 radical (unpaired) electrons. The van der Waals surface area contributed by atoms with Crippen molar-refractivity contribution in [3.05, 3.63) is 247 Å². The van der Waals surface area contributed by atoms with Crippen LogP contribution in [0.5, 0.6) is 0 Å². The van der Waals surface area contributed by atoms with Gasteiger partial charge < -0.3 is 9.32 Å². The van der Waals surface area contributed by atoms with Gasteiger partial charge in [0, 0.05) is 38.7 Å². The maximum Gasteiger partial charge on any atom is 0.160 e. The summed E-state index contributed by atoms with van der Waals surface area (Å²) in [5.41, 5.74) is 19.1. The molecule has 4 nitrogen and oxygen atoms in total. The summed E-state index contributed by atoms with van der Waals surface area (Å²) >= 11 is 0. The van der Waals surface area contributed by atoms with E-state index < -0.39 is 5.41 Å². The summed E-state index contributed by atoms with van der Waals surface area (Å²) in [5.74, 6) is 0.680. The number of benzene rings is 9. The second kappa shape index (κ2) is 13.8. The molecule has 1 aliphatic carbocycles. The van der Waals surface area contributed by atoms with Crippen molar-refractivity contribution >= 4 is 39.0 Å². The van der Waals surface area contributed by atoms with Crippen molar-refractivity contribution in [1.29, 1.82) is 0 Å². The molecule has 0 atom stereocenters. The normalized spacial score (nSPS) is 13.2. The fraction of sp³-hybridized carbons (Fsp3) is 0.0169. The topological polar surface area (TPSA) is 42.2 Å². The first-order valence-corrected chi connectivity index (χ1v) is 21.5. The van der Waals surface area contributed by atoms with Gasteiger partial charge in [0.05, 0.1) is 28.2 Å². The van der Waals surface area contributed by atoms with E-state index in [1.807, 2.05) is 30.3 Å². The summed E-state index contributed by atoms with van der Waals surface area (Å²) in [7, 11) is 0. The molecule has 1 spiro atoms. The number of furan rings is 1. The molecule has 13 rings (SSSR count). The minimum absolute atomic E-state index is 0.572. The van der Waals surface area contributed by atoms with E-state index in [0.717, 1.165) is 72.5 Å². The largest absolute Gasteiger partial charge is 0.455 e. The first-order valence-electron chi connectivity index (χ1n) is 21.5. The number of para-hydroxylation sites is 4. The monoisotopic (exact) mass is 803 g/mol. The van der Waals surface area contributed by atoms with Gasteiger partial charge in [0.1, 0.15) is 11.2 Å². The number of rotatable bonds is 5. The molecule has 11 aromatic rings. The zero-order valence-electron chi connectivity index (χ0n) is 34.1. The Morgan fingerprint density at radius 3 is 1.68 bits per heavy atom. The molecule has 1 aliphatic heterocycles. The SMILES string of the molecule is c1ccc(-c2nc(-c3ccc(-c4cccc5c4oc4ccccc45)cc3)cc(-c3ccc4c(c3)C3(c5ccccc5-c5ccccc53)c3ccccc3N4c3ccccc3)n2)cc1. The average Bonchev–Trinajstić information content (AvgIpc) is 3.89. The highest BCUT2D eigenvalue weighted by atomic mass is 16.3. The lowest BCUT2D eigenvalue weighted by Gasteiger charge is -2.45. The van der Waals surface area contributed by atoms with Crippen LogP contribution in [0.15, 0.2) is 229 Å². The zero-order valence-corrected chi connectivity index (χ0v) is 34.1. The van der Waals surface area contributed by atoms with Gasteiger partial charge in [-0.2, -0.15) is 0 Å². The van der Waals surface area contributed by atoms with Gasteiger partial charge in [-0.1, -0.05) is 182 Å². The summed E-state index contributed by atoms with van der Waals surface area (Å²) in [6, 6.07) is 80.3. The predicted octanol–water partition coefficient (Wildman–Crippen LogP) is 15.2. The molecule has 2 aromatic heterocycles. The zero-order chi connectivity index (χ0) is 41.5. The molecule has 0 bridgehead atoms. The van der Waals surface area contributed by atoms with Gasteiger partial charge in [-0.05, 0) is 81.4 Å². The first-order chi connectivity index (χ1) is 31.2. The smallest absolute Gasteiger partial charge is 0.160 e. The van der Waals surface area contributed by atoms with Crippen LogP contribution in [-0.4, -0.2) is 9.97 Å². The molecular formula is C59H37N3O. The van der Waals surface area contributed by atoms with Crippen molar-refractivity contribution < 1.29 is 4.42 Å². The number of hydrogen-bond donors (Lipinski definition) is 0. The molecule has 0 amide bonds. The molecule has 0 fully saturated rings. The van der Waals surface area contributed by atoms with E-state index in [-0.39, 0.29) is 0 Å². The second-order valence-corrected chi connectivity index (χ2v) is 16.4. The van der Waals surface area contributed by atoms with Gasteiger partial charge in [0.15, 0.2) is 5.82 Å². The van der Waals surface area contributed by atoms with Crippen molar-refractivity contribution in [3.63, 3.8) is 0 Å². The Balaban J connectivity index is 1.02. The summed E-state index contributed by atoms with van der Waals surface area (Å²) in [6.07, 6.45) is 0. The highest BCUT2D eigenvalue weighted by molar-refractivity contribution is 6.09. The third-order valence-electron chi connectivity index (χ3n) is 13.1. The van der Waals surface area contributed by atoms with E-state index in [4.69, 9.17) is 14.4 Å². The van der Waals surface area contributed by atoms with E-state index in [1.165, 1.54) is 39.1 Å². The van der Waals surface area contributed by atoms with E-state index >= 15 is 0 Å². The Kier molecular flexibility index (Phi) is 7.79. The Bertz CT molecular complexity index is 3530. The fourth-order valence-electron chi connectivity index (χ4n) is 10.4. The highest BCUT2D eigenvalue weighted by Gasteiger charge is 2.51. The fourth-order valence-corrected chi connectivity index (χ4v) is 10.4. The van der Waals surface area contributed by atoms with E-state index in [0.29, 0.717) is 5.82 Å². The van der Waals surface area contributed by atoms with Crippen molar-refractivity contribution in [2.24, 2.45) is 0 Å². The van der Waals surface area contributed by atoms with Crippen molar-refractivity contribution in [1.82, 2.24) is 9.97 Å². The van der Waals surface area contributed by atoms with E-state index in [9.17, 15) is 0 Å². The van der Waals surface area contributed by atoms with Gasteiger partial charge >= 0.3 is 0 Å². The van der Waals surface area contributed by atoms with Crippen LogP contribution in [0.1, 0.15) is 22.3 Å². The number of fused-ring (bicyclic) bond motifs is 12. The highest BCUT2D eigenvalue weighted by Crippen LogP contribution is 2.63. The maximum absolute atomic E-state index is 6.42. The summed E-state index contributed by atoms with van der Waals surface area (Å²) in [4.78, 5) is 13.0. The predicted molar refractivity (Wildman–Crippen MR) is 257 cm³/mol. The van der Waals surface area contributed by atoms with Crippen LogP contribution in [-0.2, 0) is 5.41 Å². The molecule has 294 valence electrons. The van der Waals surface area contributed by atoms with Gasteiger partial charge in [-0.3, -0.25) is 0 Å². The minimum atomic E-state index is -0.572. The Hall–Kier alpha value is -8.34. The lowest BCUT2D eigenvalue weighted by atomic mass is 9.64. The molecule has 2 aliphatic rings. The Morgan fingerprint density at radius 1 is 0.365 bits per heavy atom. The number of nitrogens with zero attached hydrogens (tertiary/aromatic N) is 3. The molecule has 0 saturated heterocycles. The van der Waals surface area contributed by atoms with Gasteiger partial charge in [-0.25, -0.2) is 9.97 Å². The quantitative estimate of drug-likeness (QED) is 0.174. The lowest BCUT2D eigenvalue weighted by molar-refractivity contribution is 0.670.